The Kier molecular flexibility index (Phi) is 5.39. The van der Waals surface area contributed by atoms with Crippen LogP contribution in [0.15, 0.2) is 77.5 Å². The highest BCUT2D eigenvalue weighted by molar-refractivity contribution is 6.07. The van der Waals surface area contributed by atoms with Crippen LogP contribution in [0.4, 0.5) is 5.69 Å². The van der Waals surface area contributed by atoms with E-state index in [1.165, 1.54) is 6.39 Å². The molecule has 1 fully saturated rings. The zero-order valence-corrected chi connectivity index (χ0v) is 17.3. The number of amides is 2. The van der Waals surface area contributed by atoms with Gasteiger partial charge in [0.05, 0.1) is 13.2 Å². The number of nitrogens with zero attached hydrogens (tertiary/aromatic N) is 2. The highest BCUT2D eigenvalue weighted by atomic mass is 16.5. The van der Waals surface area contributed by atoms with E-state index < -0.39 is 0 Å². The number of rotatable bonds is 4. The van der Waals surface area contributed by atoms with Crippen LogP contribution in [0.3, 0.4) is 0 Å². The van der Waals surface area contributed by atoms with Gasteiger partial charge in [-0.05, 0) is 41.1 Å². The van der Waals surface area contributed by atoms with Gasteiger partial charge in [-0.3, -0.25) is 9.59 Å². The smallest absolute Gasteiger partial charge is 0.278 e. The lowest BCUT2D eigenvalue weighted by Gasteiger charge is -2.26. The molecule has 32 heavy (non-hydrogen) atoms. The molecule has 0 unspecified atom stereocenters. The Balaban J connectivity index is 1.32. The summed E-state index contributed by atoms with van der Waals surface area (Å²) in [6.45, 7) is 2.27. The van der Waals surface area contributed by atoms with Gasteiger partial charge in [-0.2, -0.15) is 0 Å². The number of hydrogen-bond donors (Lipinski definition) is 1. The van der Waals surface area contributed by atoms with Gasteiger partial charge in [-0.25, -0.2) is 4.98 Å². The van der Waals surface area contributed by atoms with Crippen LogP contribution in [0.25, 0.3) is 22.1 Å². The van der Waals surface area contributed by atoms with Crippen molar-refractivity contribution in [3.8, 4) is 11.3 Å². The van der Waals surface area contributed by atoms with Crippen LogP contribution in [0.1, 0.15) is 20.8 Å². The monoisotopic (exact) mass is 427 g/mol. The van der Waals surface area contributed by atoms with Crippen LogP contribution in [-0.4, -0.2) is 48.0 Å². The molecule has 2 amide bonds. The van der Waals surface area contributed by atoms with E-state index in [4.69, 9.17) is 9.15 Å². The molecular formula is C25H21N3O4. The Labute approximate surface area is 184 Å². The Morgan fingerprint density at radius 1 is 0.906 bits per heavy atom. The molecule has 0 bridgehead atoms. The molecule has 1 aliphatic rings. The number of hydrogen-bond acceptors (Lipinski definition) is 5. The number of anilines is 1. The number of benzene rings is 3. The highest BCUT2D eigenvalue weighted by Crippen LogP contribution is 2.27. The Morgan fingerprint density at radius 3 is 2.44 bits per heavy atom. The first-order valence-electron chi connectivity index (χ1n) is 10.4. The molecule has 0 aliphatic carbocycles. The third-order valence-electron chi connectivity index (χ3n) is 5.48. The summed E-state index contributed by atoms with van der Waals surface area (Å²) in [5, 5.41) is 4.99. The third kappa shape index (κ3) is 3.98. The first-order chi connectivity index (χ1) is 15.7. The van der Waals surface area contributed by atoms with Crippen molar-refractivity contribution < 1.29 is 18.7 Å². The summed E-state index contributed by atoms with van der Waals surface area (Å²) in [5.74, 6) is -0.0113. The highest BCUT2D eigenvalue weighted by Gasteiger charge is 2.20. The fourth-order valence-electron chi connectivity index (χ4n) is 3.78. The van der Waals surface area contributed by atoms with Crippen molar-refractivity contribution in [3.63, 3.8) is 0 Å². The summed E-state index contributed by atoms with van der Waals surface area (Å²) in [5.41, 5.74) is 2.12. The molecule has 3 aromatic carbocycles. The molecule has 1 aliphatic heterocycles. The summed E-state index contributed by atoms with van der Waals surface area (Å²) in [6, 6.07) is 20.7. The molecule has 0 saturated carbocycles. The van der Waals surface area contributed by atoms with E-state index in [0.29, 0.717) is 43.3 Å². The number of fused-ring (bicyclic) bond motifs is 1. The maximum Gasteiger partial charge on any atom is 0.278 e. The van der Waals surface area contributed by atoms with E-state index in [1.807, 2.05) is 42.5 Å². The number of nitrogens with one attached hydrogen (secondary N) is 1. The van der Waals surface area contributed by atoms with Gasteiger partial charge in [0.2, 0.25) is 0 Å². The molecule has 0 spiro atoms. The lowest BCUT2D eigenvalue weighted by atomic mass is 10.0. The quantitative estimate of drug-likeness (QED) is 0.527. The molecule has 2 heterocycles. The van der Waals surface area contributed by atoms with Crippen LogP contribution in [0.2, 0.25) is 0 Å². The number of carbonyl (C=O) groups excluding carboxylic acids is 2. The van der Waals surface area contributed by atoms with Gasteiger partial charge in [-0.1, -0.05) is 36.4 Å². The Hall–Kier alpha value is -3.97. The van der Waals surface area contributed by atoms with Gasteiger partial charge in [0.15, 0.2) is 17.8 Å². The normalized spacial score (nSPS) is 13.8. The third-order valence-corrected chi connectivity index (χ3v) is 5.48. The molecule has 4 aromatic rings. The largest absolute Gasteiger partial charge is 0.443 e. The maximum absolute atomic E-state index is 12.9. The Bertz CT molecular complexity index is 1270. The minimum atomic E-state index is -0.380. The lowest BCUT2D eigenvalue weighted by molar-refractivity contribution is 0.0303. The molecule has 0 atom stereocenters. The molecule has 1 aromatic heterocycles. The second kappa shape index (κ2) is 8.64. The topological polar surface area (TPSA) is 84.7 Å². The maximum atomic E-state index is 12.9. The summed E-state index contributed by atoms with van der Waals surface area (Å²) in [6.07, 6.45) is 1.27. The summed E-state index contributed by atoms with van der Waals surface area (Å²) >= 11 is 0. The second-order valence-electron chi connectivity index (χ2n) is 7.53. The number of ether oxygens (including phenoxy) is 1. The molecule has 7 nitrogen and oxygen atoms in total. The zero-order chi connectivity index (χ0) is 21.9. The summed E-state index contributed by atoms with van der Waals surface area (Å²) in [7, 11) is 0. The van der Waals surface area contributed by atoms with E-state index in [1.54, 1.807) is 29.2 Å². The van der Waals surface area contributed by atoms with Crippen molar-refractivity contribution in [1.82, 2.24) is 9.88 Å². The van der Waals surface area contributed by atoms with Crippen LogP contribution in [0, 0.1) is 0 Å². The van der Waals surface area contributed by atoms with Gasteiger partial charge in [0, 0.05) is 29.9 Å². The number of carbonyl (C=O) groups is 2. The molecule has 1 N–H and O–H groups in total. The van der Waals surface area contributed by atoms with Crippen molar-refractivity contribution in [2.75, 3.05) is 31.6 Å². The molecule has 7 heteroatoms. The molecule has 5 rings (SSSR count). The van der Waals surface area contributed by atoms with Crippen molar-refractivity contribution in [2.24, 2.45) is 0 Å². The number of oxazole rings is 1. The van der Waals surface area contributed by atoms with E-state index in [9.17, 15) is 9.59 Å². The van der Waals surface area contributed by atoms with Gasteiger partial charge in [0.1, 0.15) is 0 Å². The van der Waals surface area contributed by atoms with Crippen molar-refractivity contribution in [3.05, 3.63) is 84.4 Å². The fraction of sp³-hybridized carbons (Fsp3) is 0.160. The van der Waals surface area contributed by atoms with E-state index in [-0.39, 0.29) is 17.5 Å². The standard InChI is InChI=1S/C25H21N3O4/c29-24(27-21-9-7-18(8-10-21)25(30)28-11-13-31-14-12-28)22-23(32-16-26-22)20-6-5-17-3-1-2-4-19(17)15-20/h1-10,15-16H,11-14H2,(H,27,29). The van der Waals surface area contributed by atoms with Gasteiger partial charge in [-0.15, -0.1) is 0 Å². The first-order valence-corrected chi connectivity index (χ1v) is 10.4. The van der Waals surface area contributed by atoms with Crippen molar-refractivity contribution in [2.45, 2.75) is 0 Å². The van der Waals surface area contributed by atoms with Crippen LogP contribution >= 0.6 is 0 Å². The van der Waals surface area contributed by atoms with E-state index in [0.717, 1.165) is 16.3 Å². The van der Waals surface area contributed by atoms with Crippen molar-refractivity contribution >= 4 is 28.3 Å². The molecule has 0 radical (unpaired) electrons. The van der Waals surface area contributed by atoms with Crippen molar-refractivity contribution in [1.29, 1.82) is 0 Å². The van der Waals surface area contributed by atoms with E-state index in [2.05, 4.69) is 10.3 Å². The predicted octanol–water partition coefficient (Wildman–Crippen LogP) is 4.22. The SMILES string of the molecule is O=C(Nc1ccc(C(=O)N2CCOCC2)cc1)c1ncoc1-c1ccc2ccccc2c1. The number of morpholine rings is 1. The summed E-state index contributed by atoms with van der Waals surface area (Å²) in [4.78, 5) is 31.3. The van der Waals surface area contributed by atoms with Gasteiger partial charge in [0.25, 0.3) is 11.8 Å². The van der Waals surface area contributed by atoms with Crippen LogP contribution in [0.5, 0.6) is 0 Å². The molecular weight excluding hydrogens is 406 g/mol. The minimum Gasteiger partial charge on any atom is -0.443 e. The van der Waals surface area contributed by atoms with Crippen LogP contribution in [-0.2, 0) is 4.74 Å². The lowest BCUT2D eigenvalue weighted by Crippen LogP contribution is -2.40. The second-order valence-corrected chi connectivity index (χ2v) is 7.53. The van der Waals surface area contributed by atoms with Crippen LogP contribution < -0.4 is 5.32 Å². The number of aromatic nitrogens is 1. The summed E-state index contributed by atoms with van der Waals surface area (Å²) < 4.78 is 10.8. The zero-order valence-electron chi connectivity index (χ0n) is 17.3. The first kappa shape index (κ1) is 20.0. The molecule has 160 valence electrons. The Morgan fingerprint density at radius 2 is 1.66 bits per heavy atom. The average Bonchev–Trinajstić information content (AvgIpc) is 3.35. The molecule has 1 saturated heterocycles. The average molecular weight is 427 g/mol. The van der Waals surface area contributed by atoms with E-state index >= 15 is 0 Å². The minimum absolute atomic E-state index is 0.0405. The predicted molar refractivity (Wildman–Crippen MR) is 121 cm³/mol. The van der Waals surface area contributed by atoms with Gasteiger partial charge >= 0.3 is 0 Å². The van der Waals surface area contributed by atoms with Gasteiger partial charge < -0.3 is 19.4 Å². The fourth-order valence-corrected chi connectivity index (χ4v) is 3.78.